The van der Waals surface area contributed by atoms with E-state index in [1.54, 1.807) is 0 Å². The molecular formula is C17H23NOS. The Morgan fingerprint density at radius 1 is 1.05 bits per heavy atom. The molecule has 1 heterocycles. The quantitative estimate of drug-likeness (QED) is 0.848. The molecule has 0 aliphatic heterocycles. The first-order valence-electron chi connectivity index (χ1n) is 7.05. The van der Waals surface area contributed by atoms with Gasteiger partial charge in [-0.25, -0.2) is 0 Å². The Balaban J connectivity index is 1.90. The summed E-state index contributed by atoms with van der Waals surface area (Å²) in [6.07, 6.45) is 0. The van der Waals surface area contributed by atoms with Gasteiger partial charge in [0.25, 0.3) is 0 Å². The van der Waals surface area contributed by atoms with Gasteiger partial charge in [-0.2, -0.15) is 0 Å². The average Bonchev–Trinajstić information content (AvgIpc) is 2.81. The van der Waals surface area contributed by atoms with Crippen LogP contribution in [0.1, 0.15) is 34.7 Å². The fourth-order valence-electron chi connectivity index (χ4n) is 2.07. The number of hydrogen-bond acceptors (Lipinski definition) is 3. The summed E-state index contributed by atoms with van der Waals surface area (Å²) in [5, 5.41) is 3.43. The van der Waals surface area contributed by atoms with Gasteiger partial charge in [-0.05, 0) is 49.2 Å². The maximum absolute atomic E-state index is 5.88. The summed E-state index contributed by atoms with van der Waals surface area (Å²) in [6.45, 7) is 10.1. The summed E-state index contributed by atoms with van der Waals surface area (Å²) in [6, 6.07) is 11.2. The molecule has 108 valence electrons. The van der Waals surface area contributed by atoms with Crippen molar-refractivity contribution < 1.29 is 4.74 Å². The van der Waals surface area contributed by atoms with Crippen molar-refractivity contribution in [3.05, 3.63) is 51.2 Å². The number of hydrogen-bond donors (Lipinski definition) is 1. The van der Waals surface area contributed by atoms with Crippen molar-refractivity contribution >= 4 is 11.3 Å². The van der Waals surface area contributed by atoms with E-state index >= 15 is 0 Å². The molecule has 0 atom stereocenters. The third-order valence-corrected chi connectivity index (χ3v) is 4.04. The number of nitrogens with one attached hydrogen (secondary N) is 1. The molecule has 0 bridgehead atoms. The normalized spacial score (nSPS) is 11.1. The molecule has 1 aromatic heterocycles. The van der Waals surface area contributed by atoms with Crippen LogP contribution in [0.4, 0.5) is 0 Å². The summed E-state index contributed by atoms with van der Waals surface area (Å²) in [4.78, 5) is 2.63. The number of thiophene rings is 1. The Hall–Kier alpha value is -1.32. The van der Waals surface area contributed by atoms with Crippen molar-refractivity contribution in [2.75, 3.05) is 0 Å². The molecule has 2 rings (SSSR count). The minimum Gasteiger partial charge on any atom is -0.488 e. The van der Waals surface area contributed by atoms with Gasteiger partial charge in [0.2, 0.25) is 0 Å². The monoisotopic (exact) mass is 289 g/mol. The molecule has 20 heavy (non-hydrogen) atoms. The van der Waals surface area contributed by atoms with E-state index < -0.39 is 0 Å². The Bertz CT molecular complexity index is 540. The van der Waals surface area contributed by atoms with Crippen LogP contribution in [0, 0.1) is 13.8 Å². The van der Waals surface area contributed by atoms with Crippen LogP contribution in [-0.2, 0) is 13.2 Å². The number of rotatable bonds is 6. The van der Waals surface area contributed by atoms with Crippen LogP contribution < -0.4 is 10.1 Å². The highest BCUT2D eigenvalue weighted by Crippen LogP contribution is 2.21. The lowest BCUT2D eigenvalue weighted by molar-refractivity contribution is 0.309. The van der Waals surface area contributed by atoms with Crippen LogP contribution in [-0.4, -0.2) is 6.04 Å². The topological polar surface area (TPSA) is 21.3 Å². The summed E-state index contributed by atoms with van der Waals surface area (Å²) < 4.78 is 5.88. The number of benzene rings is 1. The van der Waals surface area contributed by atoms with Crippen LogP contribution in [0.2, 0.25) is 0 Å². The van der Waals surface area contributed by atoms with Gasteiger partial charge in [0.15, 0.2) is 0 Å². The molecular weight excluding hydrogens is 266 g/mol. The van der Waals surface area contributed by atoms with E-state index in [2.05, 4.69) is 63.3 Å². The molecule has 3 heteroatoms. The van der Waals surface area contributed by atoms with Crippen LogP contribution in [0.15, 0.2) is 30.3 Å². The number of ether oxygens (including phenoxy) is 1. The molecule has 0 fully saturated rings. The Kier molecular flexibility index (Phi) is 5.21. The Labute approximate surface area is 125 Å². The molecule has 0 aliphatic carbocycles. The molecule has 1 N–H and O–H groups in total. The minimum absolute atomic E-state index is 0.520. The van der Waals surface area contributed by atoms with Gasteiger partial charge in [0.1, 0.15) is 12.4 Å². The molecule has 0 radical (unpaired) electrons. The number of aryl methyl sites for hydroxylation is 2. The molecule has 0 aliphatic rings. The lowest BCUT2D eigenvalue weighted by atomic mass is 10.1. The summed E-state index contributed by atoms with van der Waals surface area (Å²) in [5.74, 6) is 0.956. The lowest BCUT2D eigenvalue weighted by Crippen LogP contribution is -2.21. The van der Waals surface area contributed by atoms with Gasteiger partial charge in [0, 0.05) is 22.3 Å². The summed E-state index contributed by atoms with van der Waals surface area (Å²) in [5.41, 5.74) is 2.49. The van der Waals surface area contributed by atoms with E-state index in [1.165, 1.54) is 20.9 Å². The van der Waals surface area contributed by atoms with E-state index in [4.69, 9.17) is 4.74 Å². The zero-order valence-corrected chi connectivity index (χ0v) is 13.5. The first kappa shape index (κ1) is 15.1. The van der Waals surface area contributed by atoms with Gasteiger partial charge < -0.3 is 10.1 Å². The third kappa shape index (κ3) is 4.66. The maximum atomic E-state index is 5.88. The second-order valence-corrected chi connectivity index (χ2v) is 6.77. The van der Waals surface area contributed by atoms with Gasteiger partial charge in [-0.3, -0.25) is 0 Å². The van der Waals surface area contributed by atoms with Crippen molar-refractivity contribution in [1.82, 2.24) is 5.32 Å². The zero-order valence-electron chi connectivity index (χ0n) is 12.7. The first-order chi connectivity index (χ1) is 9.52. The summed E-state index contributed by atoms with van der Waals surface area (Å²) in [7, 11) is 0. The van der Waals surface area contributed by atoms with E-state index in [9.17, 15) is 0 Å². The second kappa shape index (κ2) is 6.91. The Morgan fingerprint density at radius 2 is 1.70 bits per heavy atom. The molecule has 0 amide bonds. The highest BCUT2D eigenvalue weighted by molar-refractivity contribution is 7.11. The molecule has 1 aromatic carbocycles. The van der Waals surface area contributed by atoms with E-state index in [1.807, 2.05) is 11.3 Å². The zero-order chi connectivity index (χ0) is 14.5. The van der Waals surface area contributed by atoms with E-state index in [0.717, 1.165) is 12.3 Å². The van der Waals surface area contributed by atoms with E-state index in [0.29, 0.717) is 12.6 Å². The van der Waals surface area contributed by atoms with Gasteiger partial charge >= 0.3 is 0 Å². The molecule has 0 spiro atoms. The lowest BCUT2D eigenvalue weighted by Gasteiger charge is -2.07. The predicted octanol–water partition coefficient (Wildman–Crippen LogP) is 4.44. The van der Waals surface area contributed by atoms with Crippen molar-refractivity contribution in [2.45, 2.75) is 46.9 Å². The van der Waals surface area contributed by atoms with Crippen LogP contribution >= 0.6 is 11.3 Å². The molecule has 0 saturated carbocycles. The molecule has 0 unspecified atom stereocenters. The van der Waals surface area contributed by atoms with Crippen LogP contribution in [0.5, 0.6) is 5.75 Å². The average molecular weight is 289 g/mol. The largest absolute Gasteiger partial charge is 0.488 e. The maximum Gasteiger partial charge on any atom is 0.122 e. The van der Waals surface area contributed by atoms with E-state index in [-0.39, 0.29) is 0 Å². The highest BCUT2D eigenvalue weighted by Gasteiger charge is 2.03. The van der Waals surface area contributed by atoms with Crippen LogP contribution in [0.3, 0.4) is 0 Å². The third-order valence-electron chi connectivity index (χ3n) is 2.98. The molecule has 2 aromatic rings. The molecule has 2 nitrogen and oxygen atoms in total. The van der Waals surface area contributed by atoms with Crippen LogP contribution in [0.25, 0.3) is 0 Å². The second-order valence-electron chi connectivity index (χ2n) is 5.52. The van der Waals surface area contributed by atoms with Crippen molar-refractivity contribution in [3.63, 3.8) is 0 Å². The van der Waals surface area contributed by atoms with Gasteiger partial charge in [0.05, 0.1) is 0 Å². The standard InChI is InChI=1S/C17H23NOS/c1-12(2)18-10-16-5-6-17(20-16)11-19-15-8-13(3)7-14(4)9-15/h5-9,12,18H,10-11H2,1-4H3. The highest BCUT2D eigenvalue weighted by atomic mass is 32.1. The Morgan fingerprint density at radius 3 is 2.35 bits per heavy atom. The summed E-state index contributed by atoms with van der Waals surface area (Å²) >= 11 is 1.82. The van der Waals surface area contributed by atoms with Gasteiger partial charge in [-0.15, -0.1) is 11.3 Å². The SMILES string of the molecule is Cc1cc(C)cc(OCc2ccc(CNC(C)C)s2)c1. The fraction of sp³-hybridized carbons (Fsp3) is 0.412. The van der Waals surface area contributed by atoms with Crippen molar-refractivity contribution in [3.8, 4) is 5.75 Å². The van der Waals surface area contributed by atoms with Gasteiger partial charge in [-0.1, -0.05) is 19.9 Å². The molecule has 0 saturated heterocycles. The fourth-order valence-corrected chi connectivity index (χ4v) is 2.95. The van der Waals surface area contributed by atoms with Crippen molar-refractivity contribution in [1.29, 1.82) is 0 Å². The minimum atomic E-state index is 0.520. The smallest absolute Gasteiger partial charge is 0.122 e. The predicted molar refractivity (Wildman–Crippen MR) is 86.5 cm³/mol. The first-order valence-corrected chi connectivity index (χ1v) is 7.86. The van der Waals surface area contributed by atoms with Crippen molar-refractivity contribution in [2.24, 2.45) is 0 Å².